The van der Waals surface area contributed by atoms with Crippen molar-refractivity contribution in [2.24, 2.45) is 0 Å². The van der Waals surface area contributed by atoms with Gasteiger partial charge in [0.2, 0.25) is 5.89 Å². The van der Waals surface area contributed by atoms with E-state index in [0.29, 0.717) is 39.3 Å². The second kappa shape index (κ2) is 10.8. The highest BCUT2D eigenvalue weighted by atomic mass is 35.5. The Morgan fingerprint density at radius 1 is 0.949 bits per heavy atom. The molecule has 202 valence electrons. The van der Waals surface area contributed by atoms with Gasteiger partial charge in [-0.15, -0.1) is 0 Å². The Bertz CT molecular complexity index is 1610. The zero-order valence-electron chi connectivity index (χ0n) is 21.1. The number of ketones is 1. The summed E-state index contributed by atoms with van der Waals surface area (Å²) in [6.07, 6.45) is 2.18. The van der Waals surface area contributed by atoms with Gasteiger partial charge in [0.05, 0.1) is 22.5 Å². The summed E-state index contributed by atoms with van der Waals surface area (Å²) >= 11 is 13.4. The first-order valence-corrected chi connectivity index (χ1v) is 14.9. The molecule has 0 unspecified atom stereocenters. The molecule has 0 amide bonds. The predicted molar refractivity (Wildman–Crippen MR) is 147 cm³/mol. The molecule has 0 N–H and O–H groups in total. The summed E-state index contributed by atoms with van der Waals surface area (Å²) in [4.78, 5) is 17.6. The third-order valence-corrected chi connectivity index (χ3v) is 9.31. The fourth-order valence-corrected chi connectivity index (χ4v) is 6.47. The monoisotopic (exact) mass is 586 g/mol. The molecule has 4 aromatic rings. The van der Waals surface area contributed by atoms with E-state index in [0.717, 1.165) is 24.0 Å². The van der Waals surface area contributed by atoms with Crippen LogP contribution in [0, 0.1) is 5.82 Å². The Hall–Kier alpha value is -3.07. The maximum Gasteiger partial charge on any atom is 0.231 e. The maximum atomic E-state index is 13.2. The smallest absolute Gasteiger partial charge is 0.231 e. The van der Waals surface area contributed by atoms with Crippen LogP contribution in [-0.2, 0) is 39.3 Å². The van der Waals surface area contributed by atoms with E-state index in [1.165, 1.54) is 24.3 Å². The van der Waals surface area contributed by atoms with Gasteiger partial charge in [0.25, 0.3) is 0 Å². The number of sulfone groups is 1. The van der Waals surface area contributed by atoms with Crippen molar-refractivity contribution in [3.05, 3.63) is 110 Å². The SMILES string of the molecule is CCS(=O)(=O)c1ccc(CC(=O)Cc2cc(Cl)c(C3(c4noc(Cc5ccc(F)cc5)n4)CC3)c(Cl)c2)cc1. The van der Waals surface area contributed by atoms with Crippen molar-refractivity contribution in [3.8, 4) is 0 Å². The van der Waals surface area contributed by atoms with Crippen LogP contribution in [0.15, 0.2) is 70.1 Å². The number of halogens is 3. The largest absolute Gasteiger partial charge is 0.339 e. The Labute approximate surface area is 236 Å². The molecule has 1 saturated carbocycles. The summed E-state index contributed by atoms with van der Waals surface area (Å²) < 4.78 is 42.7. The molecule has 3 aromatic carbocycles. The van der Waals surface area contributed by atoms with Crippen molar-refractivity contribution in [1.29, 1.82) is 0 Å². The summed E-state index contributed by atoms with van der Waals surface area (Å²) in [6.45, 7) is 1.59. The van der Waals surface area contributed by atoms with Crippen LogP contribution in [0.25, 0.3) is 0 Å². The quantitative estimate of drug-likeness (QED) is 0.215. The van der Waals surface area contributed by atoms with Crippen LogP contribution in [0.4, 0.5) is 4.39 Å². The van der Waals surface area contributed by atoms with Gasteiger partial charge >= 0.3 is 0 Å². The van der Waals surface area contributed by atoms with Crippen molar-refractivity contribution >= 4 is 38.8 Å². The fraction of sp³-hybridized carbons (Fsp3) is 0.276. The van der Waals surface area contributed by atoms with Crippen LogP contribution < -0.4 is 0 Å². The molecule has 6 nitrogen and oxygen atoms in total. The van der Waals surface area contributed by atoms with Crippen molar-refractivity contribution in [2.45, 2.75) is 49.3 Å². The second-order valence-electron chi connectivity index (χ2n) is 9.77. The van der Waals surface area contributed by atoms with Crippen molar-refractivity contribution in [2.75, 3.05) is 5.75 Å². The minimum absolute atomic E-state index is 0.0218. The lowest BCUT2D eigenvalue weighted by Crippen LogP contribution is -2.14. The number of rotatable bonds is 10. The molecule has 0 radical (unpaired) electrons. The first-order chi connectivity index (χ1) is 18.6. The van der Waals surface area contributed by atoms with E-state index in [2.05, 4.69) is 10.1 Å². The van der Waals surface area contributed by atoms with E-state index in [1.54, 1.807) is 43.3 Å². The second-order valence-corrected chi connectivity index (χ2v) is 12.9. The Kier molecular flexibility index (Phi) is 7.64. The lowest BCUT2D eigenvalue weighted by molar-refractivity contribution is -0.117. The van der Waals surface area contributed by atoms with Crippen LogP contribution in [0.1, 0.15) is 53.7 Å². The van der Waals surface area contributed by atoms with Crippen LogP contribution in [0.5, 0.6) is 0 Å². The summed E-state index contributed by atoms with van der Waals surface area (Å²) in [5.74, 6) is 0.577. The van der Waals surface area contributed by atoms with Crippen LogP contribution in [0.3, 0.4) is 0 Å². The number of nitrogens with zero attached hydrogens (tertiary/aromatic N) is 2. The number of aromatic nitrogens is 2. The first-order valence-electron chi connectivity index (χ1n) is 12.5. The molecule has 5 rings (SSSR count). The number of hydrogen-bond acceptors (Lipinski definition) is 6. The number of carbonyl (C=O) groups excluding carboxylic acids is 1. The van der Waals surface area contributed by atoms with Gasteiger partial charge in [0.15, 0.2) is 15.7 Å². The molecule has 0 aliphatic heterocycles. The molecule has 1 aliphatic rings. The summed E-state index contributed by atoms with van der Waals surface area (Å²) in [5, 5.41) is 5.06. The van der Waals surface area contributed by atoms with Gasteiger partial charge in [-0.3, -0.25) is 4.79 Å². The van der Waals surface area contributed by atoms with Gasteiger partial charge in [0.1, 0.15) is 11.6 Å². The van der Waals surface area contributed by atoms with Gasteiger partial charge in [0, 0.05) is 28.5 Å². The van der Waals surface area contributed by atoms with Gasteiger partial charge in [-0.05, 0) is 65.9 Å². The van der Waals surface area contributed by atoms with Crippen molar-refractivity contribution in [1.82, 2.24) is 10.1 Å². The van der Waals surface area contributed by atoms with E-state index < -0.39 is 15.3 Å². The molecule has 39 heavy (non-hydrogen) atoms. The average molecular weight is 588 g/mol. The molecular weight excluding hydrogens is 562 g/mol. The number of carbonyl (C=O) groups is 1. The first kappa shape index (κ1) is 27.5. The lowest BCUT2D eigenvalue weighted by atomic mass is 9.92. The number of benzene rings is 3. The van der Waals surface area contributed by atoms with Gasteiger partial charge in [-0.2, -0.15) is 4.98 Å². The molecule has 0 atom stereocenters. The molecular formula is C29H25Cl2FN2O4S. The van der Waals surface area contributed by atoms with Gasteiger partial charge < -0.3 is 4.52 Å². The highest BCUT2D eigenvalue weighted by molar-refractivity contribution is 7.91. The van der Waals surface area contributed by atoms with E-state index in [1.807, 2.05) is 0 Å². The number of hydrogen-bond donors (Lipinski definition) is 0. The van der Waals surface area contributed by atoms with Crippen LogP contribution in [-0.4, -0.2) is 30.1 Å². The summed E-state index contributed by atoms with van der Waals surface area (Å²) in [7, 11) is -3.29. The Morgan fingerprint density at radius 2 is 1.54 bits per heavy atom. The van der Waals surface area contributed by atoms with Crippen LogP contribution in [0.2, 0.25) is 10.0 Å². The highest BCUT2D eigenvalue weighted by Crippen LogP contribution is 2.56. The number of Topliss-reactive ketones (excluding diaryl/α,β-unsaturated/α-hetero) is 1. The molecule has 0 saturated heterocycles. The fourth-order valence-electron chi connectivity index (χ4n) is 4.69. The minimum atomic E-state index is -3.29. The summed E-state index contributed by atoms with van der Waals surface area (Å²) in [6, 6.07) is 16.0. The molecule has 10 heteroatoms. The standard InChI is InChI=1S/C29H25Cl2FN2O4S/c1-2-39(36,37)23-9-5-18(6-10-23)13-22(35)14-20-15-24(30)27(25(31)16-20)29(11-12-29)28-33-26(38-34-28)17-19-3-7-21(32)8-4-19/h3-10,15-16H,2,11-14,17H2,1H3. The van der Waals surface area contributed by atoms with E-state index >= 15 is 0 Å². The molecule has 1 heterocycles. The summed E-state index contributed by atoms with van der Waals surface area (Å²) in [5.41, 5.74) is 2.42. The van der Waals surface area contributed by atoms with Crippen LogP contribution >= 0.6 is 23.2 Å². The average Bonchev–Trinajstić information content (AvgIpc) is 3.54. The van der Waals surface area contributed by atoms with Crippen molar-refractivity contribution < 1.29 is 22.1 Å². The highest BCUT2D eigenvalue weighted by Gasteiger charge is 2.52. The molecule has 1 aliphatic carbocycles. The third kappa shape index (κ3) is 5.93. The molecule has 1 aromatic heterocycles. The maximum absolute atomic E-state index is 13.2. The van der Waals surface area contributed by atoms with Gasteiger partial charge in [-0.25, -0.2) is 12.8 Å². The Morgan fingerprint density at radius 3 is 2.13 bits per heavy atom. The Balaban J connectivity index is 1.29. The van der Waals surface area contributed by atoms with E-state index in [4.69, 9.17) is 27.7 Å². The predicted octanol–water partition coefficient (Wildman–Crippen LogP) is 6.33. The molecule has 0 spiro atoms. The third-order valence-electron chi connectivity index (χ3n) is 6.96. The molecule has 0 bridgehead atoms. The zero-order valence-corrected chi connectivity index (χ0v) is 23.4. The van der Waals surface area contributed by atoms with Crippen molar-refractivity contribution in [3.63, 3.8) is 0 Å². The van der Waals surface area contributed by atoms with E-state index in [9.17, 15) is 17.6 Å². The van der Waals surface area contributed by atoms with E-state index in [-0.39, 0.29) is 35.1 Å². The molecule has 1 fully saturated rings. The minimum Gasteiger partial charge on any atom is -0.339 e. The lowest BCUT2D eigenvalue weighted by Gasteiger charge is -2.17. The zero-order chi connectivity index (χ0) is 27.8. The normalized spacial score (nSPS) is 14.4. The van der Waals surface area contributed by atoms with Gasteiger partial charge in [-0.1, -0.05) is 59.5 Å². The topological polar surface area (TPSA) is 90.1 Å².